The van der Waals surface area contributed by atoms with Crippen molar-refractivity contribution in [2.75, 3.05) is 5.32 Å². The molecule has 0 aliphatic heterocycles. The number of carbonyl (C=O) groups is 4. The molecule has 2 atom stereocenters. The second-order valence-corrected chi connectivity index (χ2v) is 9.04. The maximum absolute atomic E-state index is 12.7. The normalized spacial score (nSPS) is 12.7. The van der Waals surface area contributed by atoms with Crippen molar-refractivity contribution < 1.29 is 24.3 Å². The van der Waals surface area contributed by atoms with Gasteiger partial charge in [-0.05, 0) is 48.9 Å². The number of nitrogens with one attached hydrogen (secondary N) is 3. The summed E-state index contributed by atoms with van der Waals surface area (Å²) in [4.78, 5) is 48.0. The molecule has 1 aromatic rings. The highest BCUT2D eigenvalue weighted by Crippen LogP contribution is 2.19. The van der Waals surface area contributed by atoms with Crippen LogP contribution in [0.25, 0.3) is 0 Å². The van der Waals surface area contributed by atoms with Crippen molar-refractivity contribution in [3.8, 4) is 0 Å². The largest absolute Gasteiger partial charge is 0.481 e. The molecule has 0 radical (unpaired) electrons. The van der Waals surface area contributed by atoms with Crippen LogP contribution in [0.15, 0.2) is 18.2 Å². The lowest BCUT2D eigenvalue weighted by Crippen LogP contribution is -2.53. The summed E-state index contributed by atoms with van der Waals surface area (Å²) in [6.07, 6.45) is 0.960. The van der Waals surface area contributed by atoms with Gasteiger partial charge in [0.1, 0.15) is 12.1 Å². The number of carboxylic acid groups (broad SMARTS) is 1. The van der Waals surface area contributed by atoms with E-state index in [2.05, 4.69) is 47.8 Å². The van der Waals surface area contributed by atoms with Gasteiger partial charge in [-0.3, -0.25) is 19.2 Å². The highest BCUT2D eigenvalue weighted by Gasteiger charge is 2.27. The molecule has 3 amide bonds. The number of anilines is 1. The van der Waals surface area contributed by atoms with Gasteiger partial charge in [0, 0.05) is 29.2 Å². The van der Waals surface area contributed by atoms with E-state index in [9.17, 15) is 19.2 Å². The molecule has 1 unspecified atom stereocenters. The van der Waals surface area contributed by atoms with Crippen molar-refractivity contribution in [2.45, 2.75) is 69.2 Å². The number of benzene rings is 1. The predicted octanol–water partition coefficient (Wildman–Crippen LogP) is 3.71. The Labute approximate surface area is 205 Å². The van der Waals surface area contributed by atoms with E-state index in [1.54, 1.807) is 20.8 Å². The molecule has 0 bridgehead atoms. The number of hydrogen-bond acceptors (Lipinski definition) is 4. The summed E-state index contributed by atoms with van der Waals surface area (Å²) in [6, 6.07) is 4.12. The van der Waals surface area contributed by atoms with E-state index in [1.807, 2.05) is 18.2 Å². The number of unbranched alkanes of at least 4 members (excludes halogenated alkanes) is 1. The third kappa shape index (κ3) is 10.1. The Balaban J connectivity index is 2.67. The topological polar surface area (TPSA) is 125 Å². The summed E-state index contributed by atoms with van der Waals surface area (Å²) >= 11 is 6.82. The summed E-state index contributed by atoms with van der Waals surface area (Å²) in [5, 5.41) is 18.1. The first-order valence-corrected chi connectivity index (χ1v) is 12.7. The van der Waals surface area contributed by atoms with Crippen LogP contribution in [0.2, 0.25) is 0 Å². The third-order valence-electron chi connectivity index (χ3n) is 4.69. The lowest BCUT2D eigenvalue weighted by atomic mass is 10.0. The monoisotopic (exact) mass is 575 g/mol. The van der Waals surface area contributed by atoms with Crippen LogP contribution in [0.5, 0.6) is 0 Å². The van der Waals surface area contributed by atoms with Crippen molar-refractivity contribution in [3.05, 3.63) is 29.3 Å². The van der Waals surface area contributed by atoms with E-state index >= 15 is 0 Å². The van der Waals surface area contributed by atoms with Gasteiger partial charge in [-0.25, -0.2) is 0 Å². The zero-order valence-electron chi connectivity index (χ0n) is 18.5. The quantitative estimate of drug-likeness (QED) is 0.210. The molecule has 1 rings (SSSR count). The number of alkyl halides is 2. The van der Waals surface area contributed by atoms with Gasteiger partial charge in [-0.15, -0.1) is 0 Å². The van der Waals surface area contributed by atoms with Crippen molar-refractivity contribution in [1.29, 1.82) is 0 Å². The van der Waals surface area contributed by atoms with Crippen LogP contribution in [0.4, 0.5) is 5.69 Å². The number of hydrogen-bond donors (Lipinski definition) is 4. The second-order valence-electron chi connectivity index (χ2n) is 7.92. The molecule has 0 saturated carbocycles. The van der Waals surface area contributed by atoms with E-state index in [0.29, 0.717) is 29.2 Å². The Kier molecular flexibility index (Phi) is 12.5. The van der Waals surface area contributed by atoms with Gasteiger partial charge in [0.15, 0.2) is 0 Å². The van der Waals surface area contributed by atoms with Crippen molar-refractivity contribution in [3.63, 3.8) is 0 Å². The highest BCUT2D eigenvalue weighted by molar-refractivity contribution is 9.08. The molecular formula is C22H31Br2N3O5. The van der Waals surface area contributed by atoms with Crippen LogP contribution in [0, 0.1) is 5.92 Å². The Hall–Kier alpha value is -1.94. The molecule has 0 aromatic heterocycles. The number of carbonyl (C=O) groups excluding carboxylic acids is 3. The van der Waals surface area contributed by atoms with E-state index in [1.165, 1.54) is 0 Å². The van der Waals surface area contributed by atoms with Gasteiger partial charge < -0.3 is 21.1 Å². The number of rotatable bonds is 13. The molecule has 0 aliphatic rings. The van der Waals surface area contributed by atoms with Gasteiger partial charge >= 0.3 is 5.97 Å². The zero-order chi connectivity index (χ0) is 24.3. The molecule has 0 heterocycles. The highest BCUT2D eigenvalue weighted by atomic mass is 79.9. The first-order chi connectivity index (χ1) is 15.1. The van der Waals surface area contributed by atoms with Crippen molar-refractivity contribution in [1.82, 2.24) is 10.6 Å². The molecule has 1 aromatic carbocycles. The van der Waals surface area contributed by atoms with Gasteiger partial charge in [-0.2, -0.15) is 0 Å². The lowest BCUT2D eigenvalue weighted by molar-refractivity contribution is -0.137. The fraction of sp³-hybridized carbons (Fsp3) is 0.545. The molecule has 32 heavy (non-hydrogen) atoms. The van der Waals surface area contributed by atoms with E-state index < -0.39 is 24.0 Å². The van der Waals surface area contributed by atoms with E-state index in [4.69, 9.17) is 5.11 Å². The van der Waals surface area contributed by atoms with Gasteiger partial charge in [0.2, 0.25) is 17.7 Å². The van der Waals surface area contributed by atoms with Crippen LogP contribution < -0.4 is 16.0 Å². The van der Waals surface area contributed by atoms with Crippen LogP contribution in [-0.2, 0) is 29.8 Å². The predicted molar refractivity (Wildman–Crippen MR) is 131 cm³/mol. The van der Waals surface area contributed by atoms with Gasteiger partial charge in [-0.1, -0.05) is 51.8 Å². The van der Waals surface area contributed by atoms with Crippen LogP contribution in [0.1, 0.15) is 57.6 Å². The molecule has 0 fully saturated rings. The van der Waals surface area contributed by atoms with Crippen LogP contribution >= 0.6 is 31.9 Å². The fourth-order valence-electron chi connectivity index (χ4n) is 2.95. The van der Waals surface area contributed by atoms with E-state index in [-0.39, 0.29) is 30.6 Å². The smallest absolute Gasteiger partial charge is 0.303 e. The Bertz CT molecular complexity index is 795. The maximum atomic E-state index is 12.7. The summed E-state index contributed by atoms with van der Waals surface area (Å²) in [5.41, 5.74) is 2.66. The summed E-state index contributed by atoms with van der Waals surface area (Å²) in [6.45, 7) is 5.18. The second kappa shape index (κ2) is 14.3. The summed E-state index contributed by atoms with van der Waals surface area (Å²) < 4.78 is 0. The van der Waals surface area contributed by atoms with Gasteiger partial charge in [0.25, 0.3) is 0 Å². The Morgan fingerprint density at radius 2 is 1.44 bits per heavy atom. The zero-order valence-corrected chi connectivity index (χ0v) is 21.7. The third-order valence-corrected chi connectivity index (χ3v) is 5.99. The molecular weight excluding hydrogens is 546 g/mol. The van der Waals surface area contributed by atoms with Gasteiger partial charge in [0.05, 0.1) is 0 Å². The number of carboxylic acids is 1. The minimum atomic E-state index is -0.903. The van der Waals surface area contributed by atoms with Crippen LogP contribution in [0.3, 0.4) is 0 Å². The molecule has 178 valence electrons. The molecule has 4 N–H and O–H groups in total. The summed E-state index contributed by atoms with van der Waals surface area (Å²) in [7, 11) is 0. The lowest BCUT2D eigenvalue weighted by Gasteiger charge is -2.24. The first-order valence-electron chi connectivity index (χ1n) is 10.4. The molecule has 8 nitrogen and oxygen atoms in total. The minimum Gasteiger partial charge on any atom is -0.481 e. The van der Waals surface area contributed by atoms with Crippen molar-refractivity contribution in [2.24, 2.45) is 5.92 Å². The molecule has 0 aliphatic carbocycles. The van der Waals surface area contributed by atoms with Crippen LogP contribution in [-0.4, -0.2) is 40.9 Å². The Morgan fingerprint density at radius 1 is 0.875 bits per heavy atom. The number of halogens is 2. The standard InChI is InChI=1S/C22H31Br2N3O5/c1-13(2)20(27-18(28)6-4-5-7-19(29)30)22(32)25-14(3)21(31)26-17-9-15(11-23)8-16(10-17)12-24/h8-10,13-14,20H,4-7,11-12H2,1-3H3,(H,25,32)(H,26,31)(H,27,28)(H,29,30)/t14-,20?/m0/s1. The average Bonchev–Trinajstić information content (AvgIpc) is 2.74. The molecule has 10 heteroatoms. The number of amides is 3. The number of aliphatic carboxylic acids is 1. The minimum absolute atomic E-state index is 0.00365. The van der Waals surface area contributed by atoms with Crippen molar-refractivity contribution >= 4 is 61.2 Å². The fourth-order valence-corrected chi connectivity index (χ4v) is 3.60. The Morgan fingerprint density at radius 3 is 1.94 bits per heavy atom. The SMILES string of the molecule is CC(C)C(NC(=O)CCCCC(=O)O)C(=O)N[C@@H](C)C(=O)Nc1cc(CBr)cc(CBr)c1. The maximum Gasteiger partial charge on any atom is 0.303 e. The first kappa shape index (κ1) is 28.1. The molecule has 0 spiro atoms. The molecule has 0 saturated heterocycles. The summed E-state index contributed by atoms with van der Waals surface area (Å²) in [5.74, 6) is -2.23. The average molecular weight is 577 g/mol. The van der Waals surface area contributed by atoms with E-state index in [0.717, 1.165) is 11.1 Å².